The van der Waals surface area contributed by atoms with Gasteiger partial charge in [0.15, 0.2) is 0 Å². The molecular weight excluding hydrogens is 592 g/mol. The Bertz CT molecular complexity index is 1320. The van der Waals surface area contributed by atoms with Crippen molar-refractivity contribution in [2.75, 3.05) is 31.1 Å². The van der Waals surface area contributed by atoms with Gasteiger partial charge in [-0.15, -0.1) is 0 Å². The van der Waals surface area contributed by atoms with E-state index in [1.54, 1.807) is 6.92 Å². The zero-order chi connectivity index (χ0) is 32.7. The van der Waals surface area contributed by atoms with Crippen molar-refractivity contribution in [1.29, 1.82) is 0 Å². The quantitative estimate of drug-likeness (QED) is 0.190. The summed E-state index contributed by atoms with van der Waals surface area (Å²) in [6, 6.07) is 13.8. The van der Waals surface area contributed by atoms with E-state index in [-0.39, 0.29) is 70.8 Å². The fourth-order valence-corrected chi connectivity index (χ4v) is 8.27. The average molecular weight is 642 g/mol. The number of benzene rings is 2. The molecule has 4 unspecified atom stereocenters. The molecule has 1 aliphatic heterocycles. The van der Waals surface area contributed by atoms with E-state index in [2.05, 4.69) is 32.9 Å². The maximum Gasteiger partial charge on any atom is 0.232 e. The van der Waals surface area contributed by atoms with Gasteiger partial charge in [0.2, 0.25) is 17.7 Å². The summed E-state index contributed by atoms with van der Waals surface area (Å²) in [5.74, 6) is -0.238. The van der Waals surface area contributed by atoms with Crippen LogP contribution in [0.2, 0.25) is 0 Å². The van der Waals surface area contributed by atoms with Gasteiger partial charge in [0.05, 0.1) is 5.75 Å². The van der Waals surface area contributed by atoms with Crippen molar-refractivity contribution < 1.29 is 23.2 Å². The van der Waals surface area contributed by atoms with Gasteiger partial charge in [-0.05, 0) is 96.9 Å². The van der Waals surface area contributed by atoms with Crippen LogP contribution in [0, 0.1) is 34.8 Å². The Morgan fingerprint density at radius 1 is 1.09 bits per heavy atom. The second kappa shape index (κ2) is 15.7. The number of halogens is 2. The number of carbonyl (C=O) groups is 3. The van der Waals surface area contributed by atoms with E-state index in [1.807, 2.05) is 23.1 Å². The molecule has 0 spiro atoms. The predicted molar refractivity (Wildman–Crippen MR) is 177 cm³/mol. The fraction of sp³-hybridized carbons (Fsp3) is 0.583. The highest BCUT2D eigenvalue weighted by Crippen LogP contribution is 2.50. The highest BCUT2D eigenvalue weighted by atomic mass is 32.2. The van der Waals surface area contributed by atoms with Crippen LogP contribution in [-0.4, -0.2) is 64.7 Å². The minimum Gasteiger partial charge on any atom is -0.338 e. The Morgan fingerprint density at radius 2 is 1.82 bits per heavy atom. The van der Waals surface area contributed by atoms with Gasteiger partial charge in [-0.3, -0.25) is 19.3 Å². The monoisotopic (exact) mass is 641 g/mol. The van der Waals surface area contributed by atoms with Gasteiger partial charge in [0.25, 0.3) is 0 Å². The normalized spacial score (nSPS) is 22.7. The second-order valence-corrected chi connectivity index (χ2v) is 15.0. The van der Waals surface area contributed by atoms with E-state index in [0.717, 1.165) is 12.5 Å². The molecule has 6 nitrogen and oxygen atoms in total. The Hall–Kier alpha value is -2.78. The standard InChI is InChI=1S/C36H49F2N3O3S/c1-24-18-32(42)41(35(24)44)16-9-17-45-23-33(43)40(15-8-14-39)34(36(2,3)4)30-21-27(29-22-28(37)12-13-31(29)38)20-26(30)19-25-10-6-5-7-11-25/h5-7,10-13,22,24,26-27,30,34H,8-9,14-21,23,39H2,1-4H3/t24?,26?,27?,30?,34-/m0/s1. The molecule has 4 rings (SSSR count). The van der Waals surface area contributed by atoms with E-state index < -0.39 is 5.82 Å². The maximum atomic E-state index is 15.1. The smallest absolute Gasteiger partial charge is 0.232 e. The highest BCUT2D eigenvalue weighted by molar-refractivity contribution is 7.99. The topological polar surface area (TPSA) is 83.7 Å². The Balaban J connectivity index is 1.54. The van der Waals surface area contributed by atoms with E-state index >= 15 is 4.39 Å². The number of hydrogen-bond donors (Lipinski definition) is 1. The van der Waals surface area contributed by atoms with Crippen molar-refractivity contribution in [3.05, 3.63) is 71.3 Å². The lowest BCUT2D eigenvalue weighted by Crippen LogP contribution is -2.53. The average Bonchev–Trinajstić information content (AvgIpc) is 3.50. The van der Waals surface area contributed by atoms with Crippen LogP contribution in [0.5, 0.6) is 0 Å². The number of nitrogens with two attached hydrogens (primary N) is 1. The first-order chi connectivity index (χ1) is 21.4. The summed E-state index contributed by atoms with van der Waals surface area (Å²) in [5, 5.41) is 0. The van der Waals surface area contributed by atoms with Crippen molar-refractivity contribution >= 4 is 29.5 Å². The lowest BCUT2D eigenvalue weighted by atomic mass is 9.72. The molecule has 0 aromatic heterocycles. The van der Waals surface area contributed by atoms with E-state index in [1.165, 1.54) is 34.4 Å². The van der Waals surface area contributed by atoms with Crippen LogP contribution in [-0.2, 0) is 20.8 Å². The van der Waals surface area contributed by atoms with Gasteiger partial charge in [-0.2, -0.15) is 11.8 Å². The fourth-order valence-electron chi connectivity index (χ4n) is 7.45. The van der Waals surface area contributed by atoms with E-state index in [9.17, 15) is 18.8 Å². The van der Waals surface area contributed by atoms with Gasteiger partial charge < -0.3 is 10.6 Å². The number of imide groups is 1. The summed E-state index contributed by atoms with van der Waals surface area (Å²) >= 11 is 1.52. The number of nitrogens with zero attached hydrogens (tertiary/aromatic N) is 2. The molecule has 246 valence electrons. The molecule has 45 heavy (non-hydrogen) atoms. The lowest BCUT2D eigenvalue weighted by Gasteiger charge is -2.46. The first-order valence-corrected chi connectivity index (χ1v) is 17.5. The summed E-state index contributed by atoms with van der Waals surface area (Å²) in [4.78, 5) is 41.8. The van der Waals surface area contributed by atoms with Gasteiger partial charge in [0.1, 0.15) is 11.6 Å². The van der Waals surface area contributed by atoms with Crippen LogP contribution < -0.4 is 5.73 Å². The van der Waals surface area contributed by atoms with Crippen LogP contribution in [0.4, 0.5) is 8.78 Å². The molecule has 0 bridgehead atoms. The van der Waals surface area contributed by atoms with Crippen molar-refractivity contribution in [3.8, 4) is 0 Å². The minimum absolute atomic E-state index is 0.0363. The molecule has 5 atom stereocenters. The predicted octanol–water partition coefficient (Wildman–Crippen LogP) is 6.43. The summed E-state index contributed by atoms with van der Waals surface area (Å²) in [5.41, 5.74) is 7.28. The minimum atomic E-state index is -0.438. The van der Waals surface area contributed by atoms with Gasteiger partial charge in [-0.1, -0.05) is 58.0 Å². The third-order valence-corrected chi connectivity index (χ3v) is 10.4. The first kappa shape index (κ1) is 35.1. The Labute approximate surface area is 271 Å². The van der Waals surface area contributed by atoms with Gasteiger partial charge >= 0.3 is 0 Å². The summed E-state index contributed by atoms with van der Waals surface area (Å²) in [6.07, 6.45) is 3.75. The van der Waals surface area contributed by atoms with E-state index in [0.29, 0.717) is 56.6 Å². The van der Waals surface area contributed by atoms with E-state index in [4.69, 9.17) is 5.73 Å². The number of thioether (sulfide) groups is 1. The maximum absolute atomic E-state index is 15.1. The van der Waals surface area contributed by atoms with Crippen LogP contribution in [0.15, 0.2) is 48.5 Å². The molecule has 1 saturated heterocycles. The van der Waals surface area contributed by atoms with Gasteiger partial charge in [-0.25, -0.2) is 8.78 Å². The highest BCUT2D eigenvalue weighted by Gasteiger charge is 2.47. The second-order valence-electron chi connectivity index (χ2n) is 13.9. The van der Waals surface area contributed by atoms with Crippen molar-refractivity contribution in [2.24, 2.45) is 28.9 Å². The summed E-state index contributed by atoms with van der Waals surface area (Å²) in [6.45, 7) is 9.63. The molecule has 9 heteroatoms. The molecule has 0 radical (unpaired) electrons. The van der Waals surface area contributed by atoms with Crippen molar-refractivity contribution in [2.45, 2.75) is 78.2 Å². The first-order valence-electron chi connectivity index (χ1n) is 16.3. The van der Waals surface area contributed by atoms with Crippen LogP contribution >= 0.6 is 11.8 Å². The summed E-state index contributed by atoms with van der Waals surface area (Å²) < 4.78 is 29.4. The lowest BCUT2D eigenvalue weighted by molar-refractivity contribution is -0.139. The number of carbonyl (C=O) groups excluding carboxylic acids is 3. The third-order valence-electron chi connectivity index (χ3n) is 9.41. The number of rotatable bonds is 14. The number of amides is 3. The van der Waals surface area contributed by atoms with Crippen molar-refractivity contribution in [3.63, 3.8) is 0 Å². The summed E-state index contributed by atoms with van der Waals surface area (Å²) in [7, 11) is 0. The zero-order valence-corrected chi connectivity index (χ0v) is 28.0. The molecule has 2 aromatic carbocycles. The zero-order valence-electron chi connectivity index (χ0n) is 27.1. The largest absolute Gasteiger partial charge is 0.338 e. The Kier molecular flexibility index (Phi) is 12.2. The molecule has 1 saturated carbocycles. The van der Waals surface area contributed by atoms with Crippen molar-refractivity contribution in [1.82, 2.24) is 9.80 Å². The molecule has 1 aliphatic carbocycles. The molecule has 2 fully saturated rings. The van der Waals surface area contributed by atoms with Crippen LogP contribution in [0.3, 0.4) is 0 Å². The Morgan fingerprint density at radius 3 is 2.47 bits per heavy atom. The molecule has 3 amide bonds. The number of hydrogen-bond acceptors (Lipinski definition) is 5. The molecule has 1 heterocycles. The van der Waals surface area contributed by atoms with Crippen LogP contribution in [0.25, 0.3) is 0 Å². The van der Waals surface area contributed by atoms with Crippen LogP contribution in [0.1, 0.15) is 76.8 Å². The molecule has 2 aromatic rings. The molecule has 2 N–H and O–H groups in total. The number of likely N-dealkylation sites (tertiary alicyclic amines) is 1. The SMILES string of the molecule is CC1CC(=O)N(CCCSCC(=O)N(CCCN)[C@@H](C2CC(c3cc(F)ccc3F)CC2Cc2ccccc2)C(C)(C)C)C1=O. The molecule has 2 aliphatic rings. The molecular formula is C36H49F2N3O3S. The van der Waals surface area contributed by atoms with Gasteiger partial charge in [0, 0.05) is 31.5 Å². The third kappa shape index (κ3) is 8.94.